The summed E-state index contributed by atoms with van der Waals surface area (Å²) in [7, 11) is 4.56. The summed E-state index contributed by atoms with van der Waals surface area (Å²) >= 11 is 0. The summed E-state index contributed by atoms with van der Waals surface area (Å²) in [4.78, 5) is 11.9. The van der Waals surface area contributed by atoms with Crippen molar-refractivity contribution < 1.29 is 9.28 Å². The van der Waals surface area contributed by atoms with Crippen LogP contribution in [0, 0.1) is 0 Å². The Kier molecular flexibility index (Phi) is 17.0. The summed E-state index contributed by atoms with van der Waals surface area (Å²) in [6, 6.07) is 0. The molecular weight excluding hydrogens is 320 g/mol. The van der Waals surface area contributed by atoms with Gasteiger partial charge in [0.05, 0.1) is 33.7 Å². The van der Waals surface area contributed by atoms with Gasteiger partial charge in [-0.3, -0.25) is 4.79 Å². The first-order chi connectivity index (χ1) is 12.5. The number of rotatable bonds is 19. The number of hydrogen-bond donors (Lipinski definition) is 1. The Balaban J connectivity index is 3.50. The van der Waals surface area contributed by atoms with Gasteiger partial charge in [0.15, 0.2) is 0 Å². The summed E-state index contributed by atoms with van der Waals surface area (Å²) < 4.78 is 1.01. The number of unbranched alkanes of at least 4 members (excludes halogenated alkanes) is 11. The lowest BCUT2D eigenvalue weighted by atomic mass is 10.1. The quantitative estimate of drug-likeness (QED) is 0.173. The number of nitrogens with zero attached hydrogens (tertiary/aromatic N) is 1. The van der Waals surface area contributed by atoms with Crippen LogP contribution in [0.3, 0.4) is 0 Å². The van der Waals surface area contributed by atoms with Crippen LogP contribution in [-0.2, 0) is 4.79 Å². The molecule has 0 atom stereocenters. The van der Waals surface area contributed by atoms with E-state index in [1.807, 2.05) is 6.08 Å². The van der Waals surface area contributed by atoms with E-state index in [1.165, 1.54) is 77.2 Å². The van der Waals surface area contributed by atoms with E-state index in [0.717, 1.165) is 30.4 Å². The molecule has 0 aromatic rings. The Bertz CT molecular complexity index is 339. The summed E-state index contributed by atoms with van der Waals surface area (Å²) in [5.74, 6) is 0.233. The van der Waals surface area contributed by atoms with E-state index in [4.69, 9.17) is 0 Å². The zero-order chi connectivity index (χ0) is 19.5. The maximum atomic E-state index is 11.9. The molecule has 1 N–H and O–H groups in total. The van der Waals surface area contributed by atoms with Crippen LogP contribution in [0.15, 0.2) is 12.7 Å². The average molecular weight is 368 g/mol. The van der Waals surface area contributed by atoms with Crippen LogP contribution in [0.25, 0.3) is 0 Å². The molecule has 0 saturated carbocycles. The zero-order valence-electron chi connectivity index (χ0n) is 18.2. The van der Waals surface area contributed by atoms with Crippen LogP contribution < -0.4 is 5.32 Å². The molecule has 3 nitrogen and oxygen atoms in total. The van der Waals surface area contributed by atoms with Gasteiger partial charge in [0.1, 0.15) is 0 Å². The lowest BCUT2D eigenvalue weighted by molar-refractivity contribution is -0.889. The van der Waals surface area contributed by atoms with E-state index in [0.29, 0.717) is 6.42 Å². The maximum Gasteiger partial charge on any atom is 0.220 e. The molecule has 0 aliphatic rings. The second-order valence-corrected chi connectivity index (χ2v) is 8.45. The van der Waals surface area contributed by atoms with Crippen molar-refractivity contribution in [3.63, 3.8) is 0 Å². The standard InChI is InChI=1S/C23H46N2O/c1-5-7-9-11-13-14-15-17-19-23(26)24-20-22-25(3,4)21-18-16-12-10-8-6-2/h5H,1,6-22H2,2-4H3/p+1. The second kappa shape index (κ2) is 17.6. The van der Waals surface area contributed by atoms with Gasteiger partial charge in [0, 0.05) is 6.42 Å². The Hall–Kier alpha value is -0.830. The van der Waals surface area contributed by atoms with Crippen molar-refractivity contribution in [3.05, 3.63) is 12.7 Å². The first-order valence-corrected chi connectivity index (χ1v) is 11.2. The van der Waals surface area contributed by atoms with E-state index in [-0.39, 0.29) is 5.91 Å². The van der Waals surface area contributed by atoms with E-state index >= 15 is 0 Å². The Morgan fingerprint density at radius 3 is 2.08 bits per heavy atom. The first kappa shape index (κ1) is 25.2. The topological polar surface area (TPSA) is 29.1 Å². The van der Waals surface area contributed by atoms with Gasteiger partial charge in [0.25, 0.3) is 0 Å². The predicted octanol–water partition coefficient (Wildman–Crippen LogP) is 5.85. The van der Waals surface area contributed by atoms with E-state index in [2.05, 4.69) is 32.9 Å². The molecule has 0 radical (unpaired) electrons. The molecule has 0 fully saturated rings. The van der Waals surface area contributed by atoms with Gasteiger partial charge in [-0.15, -0.1) is 6.58 Å². The molecule has 0 unspecified atom stereocenters. The van der Waals surface area contributed by atoms with Gasteiger partial charge in [-0.2, -0.15) is 0 Å². The van der Waals surface area contributed by atoms with Crippen LogP contribution in [0.5, 0.6) is 0 Å². The summed E-state index contributed by atoms with van der Waals surface area (Å²) in [6.07, 6.45) is 19.2. The molecule has 0 rings (SSSR count). The van der Waals surface area contributed by atoms with Crippen molar-refractivity contribution in [2.45, 2.75) is 96.8 Å². The Morgan fingerprint density at radius 1 is 0.846 bits per heavy atom. The molecule has 0 bridgehead atoms. The van der Waals surface area contributed by atoms with Crippen LogP contribution >= 0.6 is 0 Å². The lowest BCUT2D eigenvalue weighted by Gasteiger charge is -2.30. The average Bonchev–Trinajstić information content (AvgIpc) is 2.60. The van der Waals surface area contributed by atoms with E-state index in [9.17, 15) is 4.79 Å². The number of likely N-dealkylation sites (N-methyl/N-ethyl adjacent to an activating group) is 1. The van der Waals surface area contributed by atoms with Crippen molar-refractivity contribution in [1.29, 1.82) is 0 Å². The zero-order valence-corrected chi connectivity index (χ0v) is 18.2. The molecule has 3 heteroatoms. The van der Waals surface area contributed by atoms with Crippen molar-refractivity contribution in [3.8, 4) is 0 Å². The normalized spacial score (nSPS) is 11.5. The molecule has 154 valence electrons. The minimum atomic E-state index is 0.233. The number of allylic oxidation sites excluding steroid dienone is 1. The lowest BCUT2D eigenvalue weighted by Crippen LogP contribution is -2.45. The van der Waals surface area contributed by atoms with E-state index in [1.54, 1.807) is 0 Å². The van der Waals surface area contributed by atoms with Crippen LogP contribution in [0.1, 0.15) is 96.8 Å². The van der Waals surface area contributed by atoms with Crippen LogP contribution in [-0.4, -0.2) is 44.1 Å². The maximum absolute atomic E-state index is 11.9. The molecule has 0 aromatic carbocycles. The van der Waals surface area contributed by atoms with Crippen molar-refractivity contribution in [2.24, 2.45) is 0 Å². The fourth-order valence-electron chi connectivity index (χ4n) is 3.30. The third-order valence-electron chi connectivity index (χ3n) is 5.22. The Labute approximate surface area is 164 Å². The number of nitrogens with one attached hydrogen (secondary N) is 1. The third kappa shape index (κ3) is 18.0. The van der Waals surface area contributed by atoms with Gasteiger partial charge >= 0.3 is 0 Å². The number of carbonyl (C=O) groups is 1. The number of hydrogen-bond acceptors (Lipinski definition) is 1. The molecule has 0 heterocycles. The van der Waals surface area contributed by atoms with Gasteiger partial charge in [-0.25, -0.2) is 0 Å². The van der Waals surface area contributed by atoms with Crippen molar-refractivity contribution in [2.75, 3.05) is 33.7 Å². The SMILES string of the molecule is C=CCCCCCCCCC(=O)NCC[N+](C)(C)CCCCCCCC. The van der Waals surface area contributed by atoms with Gasteiger partial charge in [-0.1, -0.05) is 64.4 Å². The molecule has 0 aliphatic carbocycles. The third-order valence-corrected chi connectivity index (χ3v) is 5.22. The van der Waals surface area contributed by atoms with Gasteiger partial charge < -0.3 is 9.80 Å². The fourth-order valence-corrected chi connectivity index (χ4v) is 3.30. The van der Waals surface area contributed by atoms with Gasteiger partial charge in [0.2, 0.25) is 5.91 Å². The van der Waals surface area contributed by atoms with Crippen LogP contribution in [0.4, 0.5) is 0 Å². The second-order valence-electron chi connectivity index (χ2n) is 8.45. The highest BCUT2D eigenvalue weighted by atomic mass is 16.1. The number of amides is 1. The van der Waals surface area contributed by atoms with Crippen LogP contribution in [0.2, 0.25) is 0 Å². The van der Waals surface area contributed by atoms with Crippen molar-refractivity contribution in [1.82, 2.24) is 5.32 Å². The molecule has 0 aromatic heterocycles. The summed E-state index contributed by atoms with van der Waals surface area (Å²) in [6.45, 7) is 9.07. The molecule has 0 spiro atoms. The molecule has 0 saturated heterocycles. The molecule has 1 amide bonds. The number of quaternary nitrogens is 1. The predicted molar refractivity (Wildman–Crippen MR) is 115 cm³/mol. The highest BCUT2D eigenvalue weighted by Crippen LogP contribution is 2.09. The van der Waals surface area contributed by atoms with Gasteiger partial charge in [-0.05, 0) is 32.1 Å². The fraction of sp³-hybridized carbons (Fsp3) is 0.870. The summed E-state index contributed by atoms with van der Waals surface area (Å²) in [5, 5.41) is 3.11. The molecule has 26 heavy (non-hydrogen) atoms. The van der Waals surface area contributed by atoms with Crippen molar-refractivity contribution >= 4 is 5.91 Å². The highest BCUT2D eigenvalue weighted by molar-refractivity contribution is 5.75. The minimum Gasteiger partial charge on any atom is -0.350 e. The van der Waals surface area contributed by atoms with E-state index < -0.39 is 0 Å². The number of carbonyl (C=O) groups excluding carboxylic acids is 1. The monoisotopic (exact) mass is 367 g/mol. The minimum absolute atomic E-state index is 0.233. The molecular formula is C23H47N2O+. The summed E-state index contributed by atoms with van der Waals surface area (Å²) in [5.41, 5.74) is 0. The Morgan fingerprint density at radius 2 is 1.42 bits per heavy atom. The largest absolute Gasteiger partial charge is 0.350 e. The highest BCUT2D eigenvalue weighted by Gasteiger charge is 2.14. The molecule has 0 aliphatic heterocycles. The smallest absolute Gasteiger partial charge is 0.220 e. The first-order valence-electron chi connectivity index (χ1n) is 11.2.